The molecular formula is C10H14BrN3O4S. The number of hydrogen-bond donors (Lipinski definition) is 2. The largest absolute Gasteiger partial charge is 0.311 e. The fourth-order valence-electron chi connectivity index (χ4n) is 1.37. The smallest absolute Gasteiger partial charge is 0.283 e. The van der Waals surface area contributed by atoms with Gasteiger partial charge in [0.25, 0.3) is 5.69 Å². The molecule has 19 heavy (non-hydrogen) atoms. The molecular weight excluding hydrogens is 338 g/mol. The van der Waals surface area contributed by atoms with Crippen molar-refractivity contribution in [2.45, 2.75) is 6.54 Å². The maximum Gasteiger partial charge on any atom is 0.283 e. The predicted molar refractivity (Wildman–Crippen MR) is 75.3 cm³/mol. The second kappa shape index (κ2) is 6.94. The zero-order chi connectivity index (χ0) is 14.5. The van der Waals surface area contributed by atoms with Crippen molar-refractivity contribution in [3.63, 3.8) is 0 Å². The molecule has 1 aromatic rings. The van der Waals surface area contributed by atoms with Gasteiger partial charge in [-0.2, -0.15) is 0 Å². The van der Waals surface area contributed by atoms with E-state index in [2.05, 4.69) is 26.0 Å². The van der Waals surface area contributed by atoms with Gasteiger partial charge in [-0.1, -0.05) is 6.07 Å². The molecule has 0 aromatic heterocycles. The van der Waals surface area contributed by atoms with Crippen LogP contribution in [0.1, 0.15) is 5.56 Å². The molecule has 0 bridgehead atoms. The molecule has 0 aliphatic rings. The van der Waals surface area contributed by atoms with Crippen LogP contribution in [0.25, 0.3) is 0 Å². The van der Waals surface area contributed by atoms with Crippen molar-refractivity contribution in [3.8, 4) is 0 Å². The minimum atomic E-state index is -3.18. The van der Waals surface area contributed by atoms with Crippen LogP contribution in [-0.4, -0.2) is 32.7 Å². The van der Waals surface area contributed by atoms with Gasteiger partial charge in [-0.3, -0.25) is 10.1 Å². The van der Waals surface area contributed by atoms with Crippen molar-refractivity contribution < 1.29 is 13.3 Å². The van der Waals surface area contributed by atoms with Crippen molar-refractivity contribution in [2.24, 2.45) is 0 Å². The van der Waals surface area contributed by atoms with Gasteiger partial charge in [-0.05, 0) is 27.6 Å². The van der Waals surface area contributed by atoms with E-state index >= 15 is 0 Å². The number of nitro groups is 1. The summed E-state index contributed by atoms with van der Waals surface area (Å²) in [5.74, 6) is 0. The molecule has 0 aliphatic carbocycles. The first-order valence-corrected chi connectivity index (χ1v) is 8.06. The molecule has 0 spiro atoms. The van der Waals surface area contributed by atoms with Gasteiger partial charge in [0.1, 0.15) is 0 Å². The lowest BCUT2D eigenvalue weighted by Gasteiger charge is -2.06. The van der Waals surface area contributed by atoms with Crippen LogP contribution in [0.15, 0.2) is 22.7 Å². The minimum Gasteiger partial charge on any atom is -0.311 e. The molecule has 2 N–H and O–H groups in total. The zero-order valence-corrected chi connectivity index (χ0v) is 12.6. The van der Waals surface area contributed by atoms with Crippen LogP contribution in [0.3, 0.4) is 0 Å². The number of nitrogens with zero attached hydrogens (tertiary/aromatic N) is 1. The first-order valence-electron chi connectivity index (χ1n) is 5.38. The molecule has 0 saturated carbocycles. The lowest BCUT2D eigenvalue weighted by Crippen LogP contribution is -2.30. The standard InChI is InChI=1S/C10H14BrN3O4S/c1-19(17,18)13-5-4-12-7-8-2-3-9(11)10(6-8)14(15)16/h2-3,6,12-13H,4-5,7H2,1H3. The lowest BCUT2D eigenvalue weighted by molar-refractivity contribution is -0.385. The van der Waals surface area contributed by atoms with Crippen LogP contribution in [0.5, 0.6) is 0 Å². The van der Waals surface area contributed by atoms with E-state index in [9.17, 15) is 18.5 Å². The monoisotopic (exact) mass is 351 g/mol. The molecule has 0 heterocycles. The minimum absolute atomic E-state index is 0.00793. The summed E-state index contributed by atoms with van der Waals surface area (Å²) in [5.41, 5.74) is 0.766. The third-order valence-corrected chi connectivity index (χ3v) is 3.60. The highest BCUT2D eigenvalue weighted by Crippen LogP contribution is 2.25. The molecule has 9 heteroatoms. The summed E-state index contributed by atoms with van der Waals surface area (Å²) >= 11 is 3.11. The molecule has 7 nitrogen and oxygen atoms in total. The van der Waals surface area contributed by atoms with Crippen molar-refractivity contribution in [2.75, 3.05) is 19.3 Å². The Morgan fingerprint density at radius 2 is 2.05 bits per heavy atom. The highest BCUT2D eigenvalue weighted by atomic mass is 79.9. The van der Waals surface area contributed by atoms with Crippen LogP contribution in [0.4, 0.5) is 5.69 Å². The number of nitro benzene ring substituents is 1. The summed E-state index contributed by atoms with van der Waals surface area (Å²) in [6.07, 6.45) is 1.09. The number of halogens is 1. The van der Waals surface area contributed by atoms with Crippen LogP contribution in [0.2, 0.25) is 0 Å². The Bertz CT molecular complexity index is 562. The highest BCUT2D eigenvalue weighted by molar-refractivity contribution is 9.10. The fourth-order valence-corrected chi connectivity index (χ4v) is 2.23. The van der Waals surface area contributed by atoms with E-state index < -0.39 is 14.9 Å². The maximum absolute atomic E-state index is 10.8. The van der Waals surface area contributed by atoms with E-state index in [4.69, 9.17) is 0 Å². The average Bonchev–Trinajstić information content (AvgIpc) is 2.29. The van der Waals surface area contributed by atoms with Gasteiger partial charge in [0.2, 0.25) is 10.0 Å². The van der Waals surface area contributed by atoms with Gasteiger partial charge in [-0.15, -0.1) is 0 Å². The van der Waals surface area contributed by atoms with Gasteiger partial charge in [0.15, 0.2) is 0 Å². The van der Waals surface area contributed by atoms with Gasteiger partial charge in [0, 0.05) is 25.7 Å². The third-order valence-electron chi connectivity index (χ3n) is 2.20. The summed E-state index contributed by atoms with van der Waals surface area (Å²) in [5, 5.41) is 13.7. The fraction of sp³-hybridized carbons (Fsp3) is 0.400. The molecule has 106 valence electrons. The Morgan fingerprint density at radius 3 is 2.63 bits per heavy atom. The molecule has 1 rings (SSSR count). The topological polar surface area (TPSA) is 101 Å². The molecule has 0 aliphatic heterocycles. The maximum atomic E-state index is 10.8. The molecule has 0 radical (unpaired) electrons. The van der Waals surface area contributed by atoms with E-state index in [-0.39, 0.29) is 12.2 Å². The molecule has 0 fully saturated rings. The summed E-state index contributed by atoms with van der Waals surface area (Å²) in [4.78, 5) is 10.3. The Hall–Kier alpha value is -1.03. The van der Waals surface area contributed by atoms with Gasteiger partial charge >= 0.3 is 0 Å². The molecule has 0 saturated heterocycles. The molecule has 1 aromatic carbocycles. The average molecular weight is 352 g/mol. The zero-order valence-electron chi connectivity index (χ0n) is 10.2. The molecule has 0 atom stereocenters. The Balaban J connectivity index is 2.46. The Kier molecular flexibility index (Phi) is 5.85. The van der Waals surface area contributed by atoms with Gasteiger partial charge in [0.05, 0.1) is 15.7 Å². The third kappa shape index (κ3) is 6.10. The van der Waals surface area contributed by atoms with E-state index in [0.717, 1.165) is 11.8 Å². The number of nitrogens with one attached hydrogen (secondary N) is 2. The van der Waals surface area contributed by atoms with Crippen LogP contribution in [0, 0.1) is 10.1 Å². The highest BCUT2D eigenvalue weighted by Gasteiger charge is 2.11. The van der Waals surface area contributed by atoms with E-state index in [0.29, 0.717) is 17.6 Å². The molecule has 0 unspecified atom stereocenters. The van der Waals surface area contributed by atoms with Crippen molar-refractivity contribution in [1.82, 2.24) is 10.0 Å². The van der Waals surface area contributed by atoms with E-state index in [1.807, 2.05) is 0 Å². The lowest BCUT2D eigenvalue weighted by atomic mass is 10.2. The summed E-state index contributed by atoms with van der Waals surface area (Å²) in [7, 11) is -3.18. The number of sulfonamides is 1. The van der Waals surface area contributed by atoms with Crippen LogP contribution in [-0.2, 0) is 16.6 Å². The Morgan fingerprint density at radius 1 is 1.37 bits per heavy atom. The molecule has 0 amide bonds. The first kappa shape index (κ1) is 16.0. The Labute approximate surface area is 119 Å². The summed E-state index contributed by atoms with van der Waals surface area (Å²) in [6, 6.07) is 4.85. The van der Waals surface area contributed by atoms with Gasteiger partial charge in [-0.25, -0.2) is 13.1 Å². The van der Waals surface area contributed by atoms with Gasteiger partial charge < -0.3 is 5.32 Å². The van der Waals surface area contributed by atoms with E-state index in [1.54, 1.807) is 12.1 Å². The number of hydrogen-bond acceptors (Lipinski definition) is 5. The normalized spacial score (nSPS) is 11.5. The van der Waals surface area contributed by atoms with Crippen molar-refractivity contribution in [1.29, 1.82) is 0 Å². The van der Waals surface area contributed by atoms with Crippen molar-refractivity contribution >= 4 is 31.6 Å². The summed E-state index contributed by atoms with van der Waals surface area (Å²) < 4.78 is 24.4. The SMILES string of the molecule is CS(=O)(=O)NCCNCc1ccc(Br)c([N+](=O)[O-])c1. The van der Waals surface area contributed by atoms with E-state index in [1.165, 1.54) is 6.07 Å². The second-order valence-corrected chi connectivity index (χ2v) is 6.57. The van der Waals surface area contributed by atoms with Crippen molar-refractivity contribution in [3.05, 3.63) is 38.3 Å². The first-order chi connectivity index (χ1) is 8.79. The quantitative estimate of drug-likeness (QED) is 0.433. The number of benzene rings is 1. The number of rotatable bonds is 7. The second-order valence-electron chi connectivity index (χ2n) is 3.89. The van der Waals surface area contributed by atoms with Crippen LogP contribution < -0.4 is 10.0 Å². The summed E-state index contributed by atoms with van der Waals surface area (Å²) in [6.45, 7) is 1.15. The predicted octanol–water partition coefficient (Wildman–Crippen LogP) is 0.996. The van der Waals surface area contributed by atoms with Crippen LogP contribution >= 0.6 is 15.9 Å².